The molecule has 0 spiro atoms. The number of carbonyl (C=O) groups is 1. The first kappa shape index (κ1) is 23.7. The average Bonchev–Trinajstić information content (AvgIpc) is 3.23. The predicted molar refractivity (Wildman–Crippen MR) is 113 cm³/mol. The molecular weight excluding hydrogens is 454 g/mol. The van der Waals surface area contributed by atoms with E-state index in [1.807, 2.05) is 0 Å². The fourth-order valence-corrected chi connectivity index (χ4v) is 4.06. The third kappa shape index (κ3) is 5.19. The maximum absolute atomic E-state index is 14.6. The maximum atomic E-state index is 14.6. The van der Waals surface area contributed by atoms with E-state index in [2.05, 4.69) is 10.3 Å². The molecule has 3 heterocycles. The van der Waals surface area contributed by atoms with Gasteiger partial charge < -0.3 is 9.88 Å². The summed E-state index contributed by atoms with van der Waals surface area (Å²) >= 11 is 0. The van der Waals surface area contributed by atoms with Gasteiger partial charge in [0, 0.05) is 48.1 Å². The minimum atomic E-state index is -2.95. The lowest BCUT2D eigenvalue weighted by atomic mass is 9.87. The molecule has 4 rings (SSSR count). The van der Waals surface area contributed by atoms with E-state index < -0.39 is 41.8 Å². The maximum Gasteiger partial charge on any atom is 0.257 e. The Morgan fingerprint density at radius 3 is 2.76 bits per heavy atom. The number of nitrogens with one attached hydrogen (secondary N) is 1. The van der Waals surface area contributed by atoms with Gasteiger partial charge in [-0.1, -0.05) is 0 Å². The highest BCUT2D eigenvalue weighted by Crippen LogP contribution is 2.40. The number of halogens is 4. The molecule has 2 atom stereocenters. The fourth-order valence-electron chi connectivity index (χ4n) is 4.06. The summed E-state index contributed by atoms with van der Waals surface area (Å²) in [6.07, 6.45) is 5.03. The smallest absolute Gasteiger partial charge is 0.257 e. The van der Waals surface area contributed by atoms with Gasteiger partial charge >= 0.3 is 0 Å². The number of benzene rings is 1. The molecule has 2 N–H and O–H groups in total. The van der Waals surface area contributed by atoms with Crippen LogP contribution in [0.1, 0.15) is 30.4 Å². The third-order valence-corrected chi connectivity index (χ3v) is 6.07. The summed E-state index contributed by atoms with van der Waals surface area (Å²) in [5.41, 5.74) is 0.507. The van der Waals surface area contributed by atoms with Gasteiger partial charge in [0.15, 0.2) is 5.82 Å². The SMILES string of the molecule is C[C@@H](C(=O)Nc1cn(Cc2cc(F)ccc2F)cn1)N1CCC(F)(F)[C@@H](c2cc[n+](O)cc2)C1. The van der Waals surface area contributed by atoms with Crippen molar-refractivity contribution in [1.29, 1.82) is 0 Å². The summed E-state index contributed by atoms with van der Waals surface area (Å²) in [6, 6.07) is 5.31. The first-order valence-electron chi connectivity index (χ1n) is 10.7. The molecule has 11 heteroatoms. The van der Waals surface area contributed by atoms with Gasteiger partial charge in [-0.2, -0.15) is 0 Å². The summed E-state index contributed by atoms with van der Waals surface area (Å²) in [5, 5.41) is 12.0. The Hall–Kier alpha value is -3.47. The number of carbonyl (C=O) groups excluding carboxylic acids is 1. The second-order valence-corrected chi connectivity index (χ2v) is 8.40. The normalized spacial score (nSPS) is 19.0. The van der Waals surface area contributed by atoms with Crippen LogP contribution < -0.4 is 10.0 Å². The van der Waals surface area contributed by atoms with Crippen molar-refractivity contribution in [2.45, 2.75) is 37.8 Å². The van der Waals surface area contributed by atoms with Gasteiger partial charge in [-0.25, -0.2) is 22.5 Å². The number of anilines is 1. The highest BCUT2D eigenvalue weighted by molar-refractivity contribution is 5.93. The summed E-state index contributed by atoms with van der Waals surface area (Å²) < 4.78 is 58.8. The number of rotatable bonds is 6. The Labute approximate surface area is 193 Å². The number of amides is 1. The number of imidazole rings is 1. The van der Waals surface area contributed by atoms with E-state index in [0.717, 1.165) is 22.9 Å². The number of nitrogens with zero attached hydrogens (tertiary/aromatic N) is 4. The molecule has 2 aromatic heterocycles. The molecule has 180 valence electrons. The van der Waals surface area contributed by atoms with Crippen LogP contribution in [0.4, 0.5) is 23.4 Å². The van der Waals surface area contributed by atoms with Gasteiger partial charge in [0.1, 0.15) is 11.6 Å². The van der Waals surface area contributed by atoms with E-state index in [1.165, 1.54) is 41.6 Å². The van der Waals surface area contributed by atoms with Crippen LogP contribution in [0.5, 0.6) is 0 Å². The molecule has 1 aliphatic heterocycles. The Kier molecular flexibility index (Phi) is 6.56. The zero-order valence-corrected chi connectivity index (χ0v) is 18.3. The molecule has 1 aromatic carbocycles. The van der Waals surface area contributed by atoms with Gasteiger partial charge in [0.05, 0.1) is 24.8 Å². The van der Waals surface area contributed by atoms with E-state index in [9.17, 15) is 27.6 Å². The molecular formula is C23H24F4N5O2+. The van der Waals surface area contributed by atoms with Crippen LogP contribution in [0.2, 0.25) is 0 Å². The van der Waals surface area contributed by atoms with Gasteiger partial charge in [-0.15, -0.1) is 0 Å². The van der Waals surface area contributed by atoms with Crippen molar-refractivity contribution < 1.29 is 32.3 Å². The van der Waals surface area contributed by atoms with Crippen LogP contribution in [0, 0.1) is 11.6 Å². The zero-order valence-electron chi connectivity index (χ0n) is 18.3. The van der Waals surface area contributed by atoms with Crippen molar-refractivity contribution in [1.82, 2.24) is 14.5 Å². The molecule has 0 unspecified atom stereocenters. The molecule has 1 aliphatic rings. The second kappa shape index (κ2) is 9.41. The van der Waals surface area contributed by atoms with Crippen molar-refractivity contribution in [2.75, 3.05) is 18.4 Å². The molecule has 34 heavy (non-hydrogen) atoms. The first-order valence-corrected chi connectivity index (χ1v) is 10.7. The van der Waals surface area contributed by atoms with Crippen molar-refractivity contribution >= 4 is 11.7 Å². The van der Waals surface area contributed by atoms with E-state index >= 15 is 0 Å². The molecule has 0 saturated carbocycles. The molecule has 0 aliphatic carbocycles. The molecule has 0 radical (unpaired) electrons. The van der Waals surface area contributed by atoms with Crippen molar-refractivity contribution in [3.63, 3.8) is 0 Å². The summed E-state index contributed by atoms with van der Waals surface area (Å²) in [6.45, 7) is 1.65. The lowest BCUT2D eigenvalue weighted by molar-refractivity contribution is -0.904. The van der Waals surface area contributed by atoms with Crippen molar-refractivity contribution in [2.24, 2.45) is 0 Å². The largest absolute Gasteiger partial charge is 0.331 e. The molecule has 1 fully saturated rings. The topological polar surface area (TPSA) is 74.3 Å². The van der Waals surface area contributed by atoms with Gasteiger partial charge in [0.25, 0.3) is 5.92 Å². The average molecular weight is 478 g/mol. The van der Waals surface area contributed by atoms with Crippen LogP contribution in [0.3, 0.4) is 0 Å². The van der Waals surface area contributed by atoms with Crippen LogP contribution in [-0.4, -0.2) is 50.6 Å². The standard InChI is InChI=1S/C23H23F4N5O2/c1-15(31-9-6-23(26,27)19(12-31)16-4-7-32(34)8-5-16)22(33)29-21-13-30(14-28-21)11-17-10-18(24)2-3-20(17)25/h2-5,7-8,10,13-15,19H,6,9,11-12H2,1H3,(H-,29,33,34)/p+1/t15-,19+/m0/s1. The molecule has 1 saturated heterocycles. The van der Waals surface area contributed by atoms with Gasteiger partial charge in [-0.05, 0) is 30.7 Å². The summed E-state index contributed by atoms with van der Waals surface area (Å²) in [4.78, 5) is 18.5. The number of likely N-dealkylation sites (tertiary alicyclic amines) is 1. The third-order valence-electron chi connectivity index (χ3n) is 6.07. The summed E-state index contributed by atoms with van der Waals surface area (Å²) in [7, 11) is 0. The van der Waals surface area contributed by atoms with E-state index in [0.29, 0.717) is 5.56 Å². The summed E-state index contributed by atoms with van der Waals surface area (Å²) in [5.74, 6) is -5.40. The van der Waals surface area contributed by atoms with Gasteiger partial charge in [-0.3, -0.25) is 14.9 Å². The number of hydrogen-bond acceptors (Lipinski definition) is 4. The molecule has 1 amide bonds. The molecule has 0 bridgehead atoms. The number of pyridine rings is 1. The molecule has 3 aromatic rings. The van der Waals surface area contributed by atoms with E-state index in [1.54, 1.807) is 11.8 Å². The van der Waals surface area contributed by atoms with Crippen LogP contribution in [0.25, 0.3) is 0 Å². The molecule has 7 nitrogen and oxygen atoms in total. The van der Waals surface area contributed by atoms with Gasteiger partial charge in [0.2, 0.25) is 18.3 Å². The predicted octanol–water partition coefficient (Wildman–Crippen LogP) is 3.19. The monoisotopic (exact) mass is 478 g/mol. The minimum Gasteiger partial charge on any atom is -0.331 e. The Morgan fingerprint density at radius 1 is 1.29 bits per heavy atom. The van der Waals surface area contributed by atoms with E-state index in [-0.39, 0.29) is 31.0 Å². The van der Waals surface area contributed by atoms with Crippen LogP contribution >= 0.6 is 0 Å². The lowest BCUT2D eigenvalue weighted by Gasteiger charge is -2.40. The quantitative estimate of drug-likeness (QED) is 0.324. The second-order valence-electron chi connectivity index (χ2n) is 8.40. The lowest BCUT2D eigenvalue weighted by Crippen LogP contribution is -2.52. The fraction of sp³-hybridized carbons (Fsp3) is 0.348. The Balaban J connectivity index is 1.40. The van der Waals surface area contributed by atoms with E-state index in [4.69, 9.17) is 0 Å². The number of piperidine rings is 1. The Morgan fingerprint density at radius 2 is 2.03 bits per heavy atom. The number of alkyl halides is 2. The van der Waals surface area contributed by atoms with Crippen LogP contribution in [-0.2, 0) is 11.3 Å². The zero-order chi connectivity index (χ0) is 24.5. The first-order chi connectivity index (χ1) is 16.1. The van der Waals surface area contributed by atoms with Crippen molar-refractivity contribution in [3.05, 3.63) is 78.0 Å². The minimum absolute atomic E-state index is 0.0236. The van der Waals surface area contributed by atoms with Crippen LogP contribution in [0.15, 0.2) is 55.2 Å². The number of aromatic nitrogens is 3. The number of hydrogen-bond donors (Lipinski definition) is 2. The van der Waals surface area contributed by atoms with Crippen molar-refractivity contribution in [3.8, 4) is 0 Å². The Bertz CT molecular complexity index is 1170. The highest BCUT2D eigenvalue weighted by atomic mass is 19.3. The highest BCUT2D eigenvalue weighted by Gasteiger charge is 2.46.